The normalized spacial score (nSPS) is 11.3. The maximum absolute atomic E-state index is 11.5. The van der Waals surface area contributed by atoms with Gasteiger partial charge in [-0.3, -0.25) is 9.79 Å². The van der Waals surface area contributed by atoms with Crippen molar-refractivity contribution in [3.05, 3.63) is 65.6 Å². The van der Waals surface area contributed by atoms with Gasteiger partial charge in [0.1, 0.15) is 5.02 Å². The van der Waals surface area contributed by atoms with Crippen molar-refractivity contribution >= 4 is 41.2 Å². The van der Waals surface area contributed by atoms with E-state index in [9.17, 15) is 4.79 Å². The number of benzene rings is 1. The molecule has 0 unspecified atom stereocenters. The topological polar surface area (TPSA) is 127 Å². The van der Waals surface area contributed by atoms with E-state index >= 15 is 0 Å². The number of aromatic nitrogens is 2. The van der Waals surface area contributed by atoms with Crippen LogP contribution >= 0.6 is 11.6 Å². The van der Waals surface area contributed by atoms with Gasteiger partial charge in [-0.2, -0.15) is 4.98 Å². The van der Waals surface area contributed by atoms with Gasteiger partial charge in [0.15, 0.2) is 5.82 Å². The summed E-state index contributed by atoms with van der Waals surface area (Å²) in [5, 5.41) is 9.22. The lowest BCUT2D eigenvalue weighted by molar-refractivity contribution is -0.111. The Morgan fingerprint density at radius 3 is 2.97 bits per heavy atom. The number of nitrogens with one attached hydrogen (secondary N) is 3. The van der Waals surface area contributed by atoms with E-state index in [2.05, 4.69) is 37.5 Å². The fraction of sp³-hybridized carbons (Fsp3) is 0.200. The molecule has 0 spiro atoms. The van der Waals surface area contributed by atoms with Crippen molar-refractivity contribution < 1.29 is 9.53 Å². The van der Waals surface area contributed by atoms with Gasteiger partial charge in [-0.15, -0.1) is 0 Å². The number of methoxy groups -OCH3 is 1. The molecule has 2 aromatic rings. The smallest absolute Gasteiger partial charge is 0.247 e. The van der Waals surface area contributed by atoms with Gasteiger partial charge in [-0.25, -0.2) is 4.98 Å². The third kappa shape index (κ3) is 7.53. The third-order valence-corrected chi connectivity index (χ3v) is 3.95. The summed E-state index contributed by atoms with van der Waals surface area (Å²) >= 11 is 6.21. The number of nitrogens with zero attached hydrogens (tertiary/aromatic N) is 3. The van der Waals surface area contributed by atoms with E-state index in [1.54, 1.807) is 19.4 Å². The van der Waals surface area contributed by atoms with E-state index in [4.69, 9.17) is 22.1 Å². The summed E-state index contributed by atoms with van der Waals surface area (Å²) in [5.74, 6) is 0.482. The lowest BCUT2D eigenvalue weighted by Crippen LogP contribution is -2.10. The predicted octanol–water partition coefficient (Wildman–Crippen LogP) is 2.80. The first-order chi connectivity index (χ1) is 14.5. The average Bonchev–Trinajstić information content (AvgIpc) is 2.76. The molecule has 0 aliphatic rings. The number of anilines is 3. The van der Waals surface area contributed by atoms with E-state index in [1.165, 1.54) is 18.5 Å². The number of allylic oxidation sites excluding steroid dienone is 1. The number of carbonyl (C=O) groups is 1. The first-order valence-electron chi connectivity index (χ1n) is 9.02. The summed E-state index contributed by atoms with van der Waals surface area (Å²) in [6.45, 7) is 4.90. The van der Waals surface area contributed by atoms with Crippen LogP contribution < -0.4 is 21.7 Å². The van der Waals surface area contributed by atoms with Gasteiger partial charge in [-0.1, -0.05) is 30.3 Å². The second kappa shape index (κ2) is 12.2. The van der Waals surface area contributed by atoms with Crippen molar-refractivity contribution in [2.75, 3.05) is 36.2 Å². The minimum Gasteiger partial charge on any atom is -0.403 e. The molecular formula is C20H24ClN7O2. The molecule has 30 heavy (non-hydrogen) atoms. The summed E-state index contributed by atoms with van der Waals surface area (Å²) in [5.41, 5.74) is 7.74. The minimum absolute atomic E-state index is 0.274. The summed E-state index contributed by atoms with van der Waals surface area (Å²) in [6.07, 6.45) is 5.64. The van der Waals surface area contributed by atoms with Crippen LogP contribution in [0, 0.1) is 0 Å². The minimum atomic E-state index is -0.274. The molecule has 2 rings (SSSR count). The van der Waals surface area contributed by atoms with Crippen molar-refractivity contribution in [2.24, 2.45) is 10.7 Å². The van der Waals surface area contributed by atoms with Crippen LogP contribution in [0.25, 0.3) is 0 Å². The lowest BCUT2D eigenvalue weighted by atomic mass is 10.2. The summed E-state index contributed by atoms with van der Waals surface area (Å²) in [6, 6.07) is 7.38. The second-order valence-electron chi connectivity index (χ2n) is 5.91. The van der Waals surface area contributed by atoms with E-state index in [0.717, 1.165) is 5.56 Å². The van der Waals surface area contributed by atoms with Crippen LogP contribution in [-0.2, 0) is 16.1 Å². The Morgan fingerprint density at radius 1 is 1.40 bits per heavy atom. The van der Waals surface area contributed by atoms with Crippen LogP contribution in [-0.4, -0.2) is 42.4 Å². The van der Waals surface area contributed by atoms with Crippen molar-refractivity contribution in [2.45, 2.75) is 6.54 Å². The average molecular weight is 430 g/mol. The fourth-order valence-corrected chi connectivity index (χ4v) is 2.40. The Balaban J connectivity index is 2.03. The zero-order valence-corrected chi connectivity index (χ0v) is 17.3. The molecule has 0 radical (unpaired) electrons. The zero-order valence-electron chi connectivity index (χ0n) is 16.6. The molecule has 0 fully saturated rings. The number of nitrogens with two attached hydrogens (primary N) is 1. The van der Waals surface area contributed by atoms with Crippen LogP contribution in [0.15, 0.2) is 60.0 Å². The van der Waals surface area contributed by atoms with Gasteiger partial charge < -0.3 is 26.4 Å². The molecule has 10 heteroatoms. The number of hydrogen-bond donors (Lipinski definition) is 4. The van der Waals surface area contributed by atoms with E-state index in [1.807, 2.05) is 18.2 Å². The van der Waals surface area contributed by atoms with Crippen molar-refractivity contribution in [1.29, 1.82) is 0 Å². The highest BCUT2D eigenvalue weighted by Gasteiger charge is 2.07. The van der Waals surface area contributed by atoms with Gasteiger partial charge in [0.05, 0.1) is 25.0 Å². The third-order valence-electron chi connectivity index (χ3n) is 3.67. The molecule has 9 nitrogen and oxygen atoms in total. The highest BCUT2D eigenvalue weighted by molar-refractivity contribution is 6.32. The summed E-state index contributed by atoms with van der Waals surface area (Å²) < 4.78 is 4.94. The van der Waals surface area contributed by atoms with E-state index in [-0.39, 0.29) is 5.91 Å². The standard InChI is InChI=1S/C20H24ClN7O2/c1-3-18(29)26-15-6-4-5-14(9-15)11-24-19-17(21)13-25-20(28-19)27-16(10-22)12-23-7-8-30-2/h3-6,9-10,12-13H,1,7-8,11,22H2,2H3,(H,26,29)(H2,24,25,27,28). The highest BCUT2D eigenvalue weighted by Crippen LogP contribution is 2.21. The quantitative estimate of drug-likeness (QED) is 0.246. The molecule has 1 aromatic heterocycles. The SMILES string of the molecule is C=CC(=O)Nc1cccc(CNc2nc(NC(C=NCCOC)=CN)ncc2Cl)c1. The molecule has 0 saturated carbocycles. The van der Waals surface area contributed by atoms with Crippen LogP contribution in [0.4, 0.5) is 17.5 Å². The molecule has 1 amide bonds. The zero-order chi connectivity index (χ0) is 21.8. The molecule has 158 valence electrons. The van der Waals surface area contributed by atoms with Crippen molar-refractivity contribution in [3.8, 4) is 0 Å². The monoisotopic (exact) mass is 429 g/mol. The summed E-state index contributed by atoms with van der Waals surface area (Å²) in [7, 11) is 1.61. The van der Waals surface area contributed by atoms with E-state index < -0.39 is 0 Å². The van der Waals surface area contributed by atoms with Crippen LogP contribution in [0.2, 0.25) is 5.02 Å². The first-order valence-corrected chi connectivity index (χ1v) is 9.40. The molecule has 0 aliphatic heterocycles. The van der Waals surface area contributed by atoms with Gasteiger partial charge in [0.2, 0.25) is 11.9 Å². The van der Waals surface area contributed by atoms with Gasteiger partial charge in [0.25, 0.3) is 0 Å². The first kappa shape index (κ1) is 22.9. The Kier molecular flexibility index (Phi) is 9.29. The number of amides is 1. The number of halogens is 1. The predicted molar refractivity (Wildman–Crippen MR) is 121 cm³/mol. The van der Waals surface area contributed by atoms with Crippen LogP contribution in [0.5, 0.6) is 0 Å². The van der Waals surface area contributed by atoms with Gasteiger partial charge in [0, 0.05) is 31.8 Å². The maximum Gasteiger partial charge on any atom is 0.247 e. The van der Waals surface area contributed by atoms with Crippen molar-refractivity contribution in [1.82, 2.24) is 9.97 Å². The Labute approximate surface area is 180 Å². The molecule has 0 atom stereocenters. The number of carbonyl (C=O) groups excluding carboxylic acids is 1. The Bertz CT molecular complexity index is 931. The lowest BCUT2D eigenvalue weighted by Gasteiger charge is -2.11. The van der Waals surface area contributed by atoms with Crippen LogP contribution in [0.3, 0.4) is 0 Å². The molecule has 1 aromatic carbocycles. The number of hydrogen-bond acceptors (Lipinski definition) is 8. The number of ether oxygens (including phenoxy) is 1. The molecule has 0 aliphatic carbocycles. The fourth-order valence-electron chi connectivity index (χ4n) is 2.24. The number of rotatable bonds is 11. The maximum atomic E-state index is 11.5. The van der Waals surface area contributed by atoms with E-state index in [0.29, 0.717) is 47.9 Å². The van der Waals surface area contributed by atoms with Crippen LogP contribution in [0.1, 0.15) is 5.56 Å². The molecular weight excluding hydrogens is 406 g/mol. The second-order valence-corrected chi connectivity index (χ2v) is 6.32. The Hall–Kier alpha value is -3.43. The Morgan fingerprint density at radius 2 is 2.23 bits per heavy atom. The van der Waals surface area contributed by atoms with Gasteiger partial charge >= 0.3 is 0 Å². The molecule has 0 saturated heterocycles. The molecule has 5 N–H and O–H groups in total. The van der Waals surface area contributed by atoms with Gasteiger partial charge in [-0.05, 0) is 23.8 Å². The summed E-state index contributed by atoms with van der Waals surface area (Å²) in [4.78, 5) is 24.2. The number of aliphatic imine (C=N–C) groups is 1. The molecule has 0 bridgehead atoms. The van der Waals surface area contributed by atoms with Crippen molar-refractivity contribution in [3.63, 3.8) is 0 Å². The molecule has 1 heterocycles. The highest BCUT2D eigenvalue weighted by atomic mass is 35.5. The largest absolute Gasteiger partial charge is 0.403 e.